The molecule has 0 bridgehead atoms. The predicted molar refractivity (Wildman–Crippen MR) is 72.3 cm³/mol. The molecular weight excluding hydrogens is 220 g/mol. The summed E-state index contributed by atoms with van der Waals surface area (Å²) in [5, 5.41) is 4.01. The topological polar surface area (TPSA) is 15.3 Å². The van der Waals surface area contributed by atoms with Crippen molar-refractivity contribution in [2.24, 2.45) is 5.92 Å². The Morgan fingerprint density at radius 1 is 1.25 bits per heavy atom. The third kappa shape index (κ3) is 5.51. The Balaban J connectivity index is 2.02. The minimum absolute atomic E-state index is 0.434. The van der Waals surface area contributed by atoms with Crippen molar-refractivity contribution >= 4 is 11.6 Å². The van der Waals surface area contributed by atoms with Gasteiger partial charge in [0.1, 0.15) is 0 Å². The second-order valence-corrected chi connectivity index (χ2v) is 5.48. The fourth-order valence-corrected chi connectivity index (χ4v) is 2.90. The van der Waals surface area contributed by atoms with E-state index in [2.05, 4.69) is 24.1 Å². The van der Waals surface area contributed by atoms with Crippen LogP contribution in [-0.4, -0.2) is 43.0 Å². The molecule has 0 aromatic heterocycles. The zero-order chi connectivity index (χ0) is 11.8. The SMILES string of the molecule is CCN(CC)CCNCC1CCCC(Cl)C1. The fraction of sp³-hybridized carbons (Fsp3) is 1.00. The molecule has 0 amide bonds. The Hall–Kier alpha value is 0.210. The van der Waals surface area contributed by atoms with Crippen LogP contribution in [0.4, 0.5) is 0 Å². The number of halogens is 1. The molecule has 0 saturated heterocycles. The molecule has 0 aromatic rings. The van der Waals surface area contributed by atoms with Crippen LogP contribution in [0.1, 0.15) is 39.5 Å². The van der Waals surface area contributed by atoms with Gasteiger partial charge in [-0.2, -0.15) is 0 Å². The highest BCUT2D eigenvalue weighted by Crippen LogP contribution is 2.27. The van der Waals surface area contributed by atoms with Crippen molar-refractivity contribution in [1.82, 2.24) is 10.2 Å². The highest BCUT2D eigenvalue weighted by Gasteiger charge is 2.19. The molecular formula is C13H27ClN2. The van der Waals surface area contributed by atoms with Gasteiger partial charge in [-0.3, -0.25) is 0 Å². The summed E-state index contributed by atoms with van der Waals surface area (Å²) in [5.74, 6) is 0.813. The summed E-state index contributed by atoms with van der Waals surface area (Å²) < 4.78 is 0. The molecule has 16 heavy (non-hydrogen) atoms. The molecule has 1 saturated carbocycles. The van der Waals surface area contributed by atoms with E-state index in [0.717, 1.165) is 32.1 Å². The van der Waals surface area contributed by atoms with Crippen LogP contribution >= 0.6 is 11.6 Å². The zero-order valence-corrected chi connectivity index (χ0v) is 11.6. The summed E-state index contributed by atoms with van der Waals surface area (Å²) in [6.07, 6.45) is 5.11. The Labute approximate surface area is 106 Å². The largest absolute Gasteiger partial charge is 0.315 e. The van der Waals surface area contributed by atoms with Crippen LogP contribution in [0.15, 0.2) is 0 Å². The molecule has 1 N–H and O–H groups in total. The quantitative estimate of drug-likeness (QED) is 0.549. The summed E-state index contributed by atoms with van der Waals surface area (Å²) >= 11 is 6.18. The smallest absolute Gasteiger partial charge is 0.0339 e. The lowest BCUT2D eigenvalue weighted by molar-refractivity contribution is 0.290. The molecule has 1 aliphatic rings. The van der Waals surface area contributed by atoms with Crippen LogP contribution in [0.3, 0.4) is 0 Å². The van der Waals surface area contributed by atoms with Gasteiger partial charge in [-0.25, -0.2) is 0 Å². The van der Waals surface area contributed by atoms with Gasteiger partial charge in [0.25, 0.3) is 0 Å². The van der Waals surface area contributed by atoms with Crippen molar-refractivity contribution in [3.05, 3.63) is 0 Å². The average Bonchev–Trinajstić information content (AvgIpc) is 2.29. The van der Waals surface area contributed by atoms with Crippen LogP contribution < -0.4 is 5.32 Å². The molecule has 2 nitrogen and oxygen atoms in total. The molecule has 0 aliphatic heterocycles. The second kappa shape index (κ2) is 8.32. The number of likely N-dealkylation sites (N-methyl/N-ethyl adjacent to an activating group) is 1. The van der Waals surface area contributed by atoms with E-state index in [4.69, 9.17) is 11.6 Å². The highest BCUT2D eigenvalue weighted by molar-refractivity contribution is 6.20. The summed E-state index contributed by atoms with van der Waals surface area (Å²) in [7, 11) is 0. The first-order chi connectivity index (χ1) is 7.76. The maximum absolute atomic E-state index is 6.18. The molecule has 96 valence electrons. The van der Waals surface area contributed by atoms with Crippen LogP contribution in [0, 0.1) is 5.92 Å². The van der Waals surface area contributed by atoms with Crippen molar-refractivity contribution in [3.8, 4) is 0 Å². The van der Waals surface area contributed by atoms with Gasteiger partial charge in [0.2, 0.25) is 0 Å². The molecule has 3 heteroatoms. The maximum Gasteiger partial charge on any atom is 0.0339 e. The second-order valence-electron chi connectivity index (χ2n) is 4.86. The normalized spacial score (nSPS) is 26.2. The monoisotopic (exact) mass is 246 g/mol. The Bertz CT molecular complexity index is 171. The number of rotatable bonds is 7. The summed E-state index contributed by atoms with van der Waals surface area (Å²) in [5.41, 5.74) is 0. The van der Waals surface area contributed by atoms with Crippen molar-refractivity contribution in [1.29, 1.82) is 0 Å². The first-order valence-electron chi connectivity index (χ1n) is 6.83. The molecule has 1 aliphatic carbocycles. The standard InChI is InChI=1S/C13H27ClN2/c1-3-16(4-2)9-8-15-11-12-6-5-7-13(14)10-12/h12-13,15H,3-11H2,1-2H3. The molecule has 0 aromatic carbocycles. The van der Waals surface area contributed by atoms with E-state index >= 15 is 0 Å². The lowest BCUT2D eigenvalue weighted by Crippen LogP contribution is -2.35. The molecule has 0 radical (unpaired) electrons. The van der Waals surface area contributed by atoms with Gasteiger partial charge in [0.15, 0.2) is 0 Å². The number of hydrogen-bond acceptors (Lipinski definition) is 2. The zero-order valence-electron chi connectivity index (χ0n) is 10.8. The third-order valence-corrected chi connectivity index (χ3v) is 4.05. The number of nitrogens with zero attached hydrogens (tertiary/aromatic N) is 1. The van der Waals surface area contributed by atoms with Crippen LogP contribution in [-0.2, 0) is 0 Å². The number of hydrogen-bond donors (Lipinski definition) is 1. The van der Waals surface area contributed by atoms with Crippen molar-refractivity contribution in [2.45, 2.75) is 44.9 Å². The highest BCUT2D eigenvalue weighted by atomic mass is 35.5. The van der Waals surface area contributed by atoms with Gasteiger partial charge in [0, 0.05) is 18.5 Å². The average molecular weight is 247 g/mol. The van der Waals surface area contributed by atoms with E-state index in [0.29, 0.717) is 5.38 Å². The molecule has 1 fully saturated rings. The van der Waals surface area contributed by atoms with E-state index in [1.807, 2.05) is 0 Å². The van der Waals surface area contributed by atoms with E-state index in [1.54, 1.807) is 0 Å². The lowest BCUT2D eigenvalue weighted by Gasteiger charge is -2.26. The Kier molecular flexibility index (Phi) is 7.42. The van der Waals surface area contributed by atoms with Crippen molar-refractivity contribution in [2.75, 3.05) is 32.7 Å². The van der Waals surface area contributed by atoms with Gasteiger partial charge in [-0.15, -0.1) is 11.6 Å². The van der Waals surface area contributed by atoms with Crippen LogP contribution in [0.5, 0.6) is 0 Å². The molecule has 1 rings (SSSR count). The van der Waals surface area contributed by atoms with Crippen molar-refractivity contribution < 1.29 is 0 Å². The van der Waals surface area contributed by atoms with Gasteiger partial charge < -0.3 is 10.2 Å². The minimum atomic E-state index is 0.434. The van der Waals surface area contributed by atoms with E-state index in [1.165, 1.54) is 32.2 Å². The first kappa shape index (κ1) is 14.3. The predicted octanol–water partition coefficient (Wildman–Crippen LogP) is 2.72. The lowest BCUT2D eigenvalue weighted by atomic mass is 9.89. The number of nitrogens with one attached hydrogen (secondary N) is 1. The van der Waals surface area contributed by atoms with Crippen LogP contribution in [0.25, 0.3) is 0 Å². The van der Waals surface area contributed by atoms with E-state index in [-0.39, 0.29) is 0 Å². The van der Waals surface area contributed by atoms with Gasteiger partial charge in [-0.05, 0) is 44.8 Å². The molecule has 0 heterocycles. The van der Waals surface area contributed by atoms with E-state index < -0.39 is 0 Å². The summed E-state index contributed by atoms with van der Waals surface area (Å²) in [6.45, 7) is 10.2. The summed E-state index contributed by atoms with van der Waals surface area (Å²) in [4.78, 5) is 2.46. The Morgan fingerprint density at radius 3 is 2.62 bits per heavy atom. The molecule has 2 atom stereocenters. The maximum atomic E-state index is 6.18. The van der Waals surface area contributed by atoms with Crippen LogP contribution in [0.2, 0.25) is 0 Å². The third-order valence-electron chi connectivity index (χ3n) is 3.65. The fourth-order valence-electron chi connectivity index (χ4n) is 2.49. The van der Waals surface area contributed by atoms with Gasteiger partial charge >= 0.3 is 0 Å². The molecule has 2 unspecified atom stereocenters. The Morgan fingerprint density at radius 2 is 2.00 bits per heavy atom. The van der Waals surface area contributed by atoms with E-state index in [9.17, 15) is 0 Å². The number of alkyl halides is 1. The van der Waals surface area contributed by atoms with Gasteiger partial charge in [-0.1, -0.05) is 20.3 Å². The summed E-state index contributed by atoms with van der Waals surface area (Å²) in [6, 6.07) is 0. The van der Waals surface area contributed by atoms with Gasteiger partial charge in [0.05, 0.1) is 0 Å². The van der Waals surface area contributed by atoms with Crippen molar-refractivity contribution in [3.63, 3.8) is 0 Å². The minimum Gasteiger partial charge on any atom is -0.315 e. The molecule has 0 spiro atoms. The first-order valence-corrected chi connectivity index (χ1v) is 7.27.